The molecule has 0 atom stereocenters. The zero-order chi connectivity index (χ0) is 14.7. The molecule has 0 aliphatic rings. The molecule has 1 aromatic heterocycles. The Labute approximate surface area is 115 Å². The molecule has 0 bridgehead atoms. The standard InChI is InChI=1S/C14H14N2O4/c1-8-3-4-12(17)11(7-8)14(19)16-15-13(18)10-5-6-20-9(10)2/h3-7,17H,1-2H3,(H,15,18)(H,16,19). The highest BCUT2D eigenvalue weighted by atomic mass is 16.3. The number of nitrogens with one attached hydrogen (secondary N) is 2. The maximum absolute atomic E-state index is 11.9. The molecule has 3 N–H and O–H groups in total. The van der Waals surface area contributed by atoms with E-state index in [4.69, 9.17) is 4.42 Å². The van der Waals surface area contributed by atoms with Crippen molar-refractivity contribution in [1.82, 2.24) is 10.9 Å². The van der Waals surface area contributed by atoms with Crippen LogP contribution in [0.3, 0.4) is 0 Å². The molecule has 104 valence electrons. The molecule has 0 spiro atoms. The SMILES string of the molecule is Cc1ccc(O)c(C(=O)NNC(=O)c2ccoc2C)c1. The summed E-state index contributed by atoms with van der Waals surface area (Å²) >= 11 is 0. The number of furan rings is 1. The van der Waals surface area contributed by atoms with Crippen molar-refractivity contribution in [2.45, 2.75) is 13.8 Å². The second kappa shape index (κ2) is 5.48. The zero-order valence-corrected chi connectivity index (χ0v) is 11.1. The van der Waals surface area contributed by atoms with Crippen molar-refractivity contribution in [2.75, 3.05) is 0 Å². The van der Waals surface area contributed by atoms with Gasteiger partial charge in [-0.1, -0.05) is 11.6 Å². The van der Waals surface area contributed by atoms with E-state index < -0.39 is 11.8 Å². The topological polar surface area (TPSA) is 91.6 Å². The van der Waals surface area contributed by atoms with Gasteiger partial charge in [-0.2, -0.15) is 0 Å². The molecule has 6 heteroatoms. The monoisotopic (exact) mass is 274 g/mol. The van der Waals surface area contributed by atoms with Crippen LogP contribution in [0.15, 0.2) is 34.9 Å². The minimum atomic E-state index is -0.597. The largest absolute Gasteiger partial charge is 0.507 e. The quantitative estimate of drug-likeness (QED) is 0.726. The van der Waals surface area contributed by atoms with Crippen molar-refractivity contribution in [1.29, 1.82) is 0 Å². The van der Waals surface area contributed by atoms with Crippen molar-refractivity contribution in [3.05, 3.63) is 53.0 Å². The number of carbonyl (C=O) groups is 2. The third kappa shape index (κ3) is 2.80. The van der Waals surface area contributed by atoms with E-state index in [1.54, 1.807) is 19.9 Å². The molecular weight excluding hydrogens is 260 g/mol. The van der Waals surface area contributed by atoms with Gasteiger partial charge in [-0.05, 0) is 32.0 Å². The van der Waals surface area contributed by atoms with E-state index in [2.05, 4.69) is 10.9 Å². The maximum Gasteiger partial charge on any atom is 0.273 e. The summed E-state index contributed by atoms with van der Waals surface area (Å²) < 4.78 is 5.00. The predicted molar refractivity (Wildman–Crippen MR) is 71.2 cm³/mol. The van der Waals surface area contributed by atoms with Gasteiger partial charge < -0.3 is 9.52 Å². The lowest BCUT2D eigenvalue weighted by molar-refractivity contribution is 0.0844. The van der Waals surface area contributed by atoms with E-state index in [9.17, 15) is 14.7 Å². The molecule has 2 aromatic rings. The number of amides is 2. The molecule has 2 amide bonds. The van der Waals surface area contributed by atoms with Crippen LogP contribution in [0.25, 0.3) is 0 Å². The minimum absolute atomic E-state index is 0.0919. The summed E-state index contributed by atoms with van der Waals surface area (Å²) in [5.41, 5.74) is 5.75. The van der Waals surface area contributed by atoms with E-state index >= 15 is 0 Å². The first kappa shape index (κ1) is 13.7. The summed E-state index contributed by atoms with van der Waals surface area (Å²) in [5.74, 6) is -0.783. The number of aryl methyl sites for hydroxylation is 2. The number of carbonyl (C=O) groups excluding carboxylic acids is 2. The molecule has 0 fully saturated rings. The van der Waals surface area contributed by atoms with Crippen LogP contribution in [-0.4, -0.2) is 16.9 Å². The van der Waals surface area contributed by atoms with Gasteiger partial charge in [0.25, 0.3) is 11.8 Å². The van der Waals surface area contributed by atoms with Gasteiger partial charge in [0, 0.05) is 0 Å². The number of benzene rings is 1. The Bertz CT molecular complexity index is 661. The van der Waals surface area contributed by atoms with E-state index in [-0.39, 0.29) is 11.3 Å². The van der Waals surface area contributed by atoms with Gasteiger partial charge in [-0.3, -0.25) is 20.4 Å². The van der Waals surface area contributed by atoms with Gasteiger partial charge in [-0.15, -0.1) is 0 Å². The number of aromatic hydroxyl groups is 1. The second-order valence-electron chi connectivity index (χ2n) is 4.32. The highest BCUT2D eigenvalue weighted by Crippen LogP contribution is 2.17. The maximum atomic E-state index is 11.9. The van der Waals surface area contributed by atoms with Gasteiger partial charge in [0.15, 0.2) is 0 Å². The van der Waals surface area contributed by atoms with E-state index in [0.29, 0.717) is 11.3 Å². The van der Waals surface area contributed by atoms with Crippen LogP contribution in [0.5, 0.6) is 5.75 Å². The number of hydrogen-bond donors (Lipinski definition) is 3. The Morgan fingerprint density at radius 1 is 1.05 bits per heavy atom. The van der Waals surface area contributed by atoms with Gasteiger partial charge >= 0.3 is 0 Å². The third-order valence-corrected chi connectivity index (χ3v) is 2.79. The summed E-state index contributed by atoms with van der Waals surface area (Å²) in [5, 5.41) is 9.61. The fourth-order valence-electron chi connectivity index (χ4n) is 1.70. The Morgan fingerprint density at radius 2 is 1.70 bits per heavy atom. The highest BCUT2D eigenvalue weighted by Gasteiger charge is 2.15. The van der Waals surface area contributed by atoms with Crippen molar-refractivity contribution in [2.24, 2.45) is 0 Å². The molecule has 0 radical (unpaired) electrons. The van der Waals surface area contributed by atoms with Crippen molar-refractivity contribution >= 4 is 11.8 Å². The van der Waals surface area contributed by atoms with Crippen molar-refractivity contribution < 1.29 is 19.1 Å². The van der Waals surface area contributed by atoms with Crippen LogP contribution >= 0.6 is 0 Å². The molecule has 1 heterocycles. The molecule has 0 aliphatic heterocycles. The third-order valence-electron chi connectivity index (χ3n) is 2.79. The molecule has 20 heavy (non-hydrogen) atoms. The van der Waals surface area contributed by atoms with Gasteiger partial charge in [-0.25, -0.2) is 0 Å². The summed E-state index contributed by atoms with van der Waals surface area (Å²) in [6.45, 7) is 3.44. The lowest BCUT2D eigenvalue weighted by atomic mass is 10.1. The van der Waals surface area contributed by atoms with E-state index in [1.165, 1.54) is 24.5 Å². The second-order valence-corrected chi connectivity index (χ2v) is 4.32. The van der Waals surface area contributed by atoms with Crippen LogP contribution in [0, 0.1) is 13.8 Å². The normalized spacial score (nSPS) is 10.1. The van der Waals surface area contributed by atoms with Crippen LogP contribution in [0.4, 0.5) is 0 Å². The first-order valence-corrected chi connectivity index (χ1v) is 5.93. The summed E-state index contributed by atoms with van der Waals surface area (Å²) in [7, 11) is 0. The molecule has 2 rings (SSSR count). The fourth-order valence-corrected chi connectivity index (χ4v) is 1.70. The number of phenolic OH excluding ortho intramolecular Hbond substituents is 1. The zero-order valence-electron chi connectivity index (χ0n) is 11.1. The van der Waals surface area contributed by atoms with Gasteiger partial charge in [0.1, 0.15) is 11.5 Å². The van der Waals surface area contributed by atoms with E-state index in [0.717, 1.165) is 5.56 Å². The van der Waals surface area contributed by atoms with Crippen molar-refractivity contribution in [3.63, 3.8) is 0 Å². The van der Waals surface area contributed by atoms with Crippen molar-refractivity contribution in [3.8, 4) is 5.75 Å². The Morgan fingerprint density at radius 3 is 2.30 bits per heavy atom. The molecule has 0 saturated carbocycles. The first-order valence-electron chi connectivity index (χ1n) is 5.93. The molecule has 0 aliphatic carbocycles. The minimum Gasteiger partial charge on any atom is -0.507 e. The van der Waals surface area contributed by atoms with Crippen LogP contribution in [0.1, 0.15) is 32.0 Å². The lowest BCUT2D eigenvalue weighted by Gasteiger charge is -2.08. The van der Waals surface area contributed by atoms with E-state index in [1.807, 2.05) is 0 Å². The summed E-state index contributed by atoms with van der Waals surface area (Å²) in [6, 6.07) is 6.13. The molecule has 1 aromatic carbocycles. The van der Waals surface area contributed by atoms with Crippen LogP contribution in [-0.2, 0) is 0 Å². The average molecular weight is 274 g/mol. The smallest absolute Gasteiger partial charge is 0.273 e. The number of hydrazine groups is 1. The number of phenols is 1. The first-order chi connectivity index (χ1) is 9.49. The number of hydrogen-bond acceptors (Lipinski definition) is 4. The number of rotatable bonds is 2. The molecule has 0 unspecified atom stereocenters. The fraction of sp³-hybridized carbons (Fsp3) is 0.143. The molecule has 0 saturated heterocycles. The summed E-state index contributed by atoms with van der Waals surface area (Å²) in [4.78, 5) is 23.6. The van der Waals surface area contributed by atoms with Crippen LogP contribution in [0.2, 0.25) is 0 Å². The Kier molecular flexibility index (Phi) is 3.74. The predicted octanol–water partition coefficient (Wildman–Crippen LogP) is 1.68. The molecular formula is C14H14N2O4. The van der Waals surface area contributed by atoms with Gasteiger partial charge in [0.2, 0.25) is 0 Å². The lowest BCUT2D eigenvalue weighted by Crippen LogP contribution is -2.41. The Balaban J connectivity index is 2.04. The molecule has 6 nitrogen and oxygen atoms in total. The average Bonchev–Trinajstić information content (AvgIpc) is 2.84. The van der Waals surface area contributed by atoms with Crippen LogP contribution < -0.4 is 10.9 Å². The highest BCUT2D eigenvalue weighted by molar-refractivity contribution is 6.00. The van der Waals surface area contributed by atoms with Gasteiger partial charge in [0.05, 0.1) is 17.4 Å². The summed E-state index contributed by atoms with van der Waals surface area (Å²) in [6.07, 6.45) is 1.39. The Hall–Kier alpha value is -2.76.